The Hall–Kier alpha value is -4.30. The van der Waals surface area contributed by atoms with E-state index in [9.17, 15) is 9.59 Å². The zero-order valence-corrected chi connectivity index (χ0v) is 20.6. The molecule has 0 fully saturated rings. The molecule has 2 amide bonds. The van der Waals surface area contributed by atoms with Crippen molar-refractivity contribution in [1.29, 1.82) is 0 Å². The molecule has 0 aliphatic heterocycles. The molecule has 0 unspecified atom stereocenters. The summed E-state index contributed by atoms with van der Waals surface area (Å²) in [5.74, 6) is 0.712. The number of hydrogen-bond donors (Lipinski definition) is 2. The molecule has 0 aliphatic carbocycles. The number of anilines is 1. The molecular weight excluding hydrogens is 480 g/mol. The molecule has 0 bridgehead atoms. The minimum absolute atomic E-state index is 0.241. The van der Waals surface area contributed by atoms with Crippen molar-refractivity contribution in [3.63, 3.8) is 0 Å². The first-order valence-electron chi connectivity index (χ1n) is 11.1. The summed E-state index contributed by atoms with van der Waals surface area (Å²) < 4.78 is 11.9. The highest BCUT2D eigenvalue weighted by Gasteiger charge is 2.18. The standard InChI is InChI=1S/C27H25ClN4O4/c1-35-21-11-8-19(9-12-21)17-32-23(27(34)29-16-18-6-4-3-5-7-18)15-25(31-32)30-26(33)20-10-13-24(36-2)22(28)14-20/h3-15H,16-17H2,1-2H3,(H,29,34)(H,30,31,33). The smallest absolute Gasteiger partial charge is 0.269 e. The quantitative estimate of drug-likeness (QED) is 0.342. The van der Waals surface area contributed by atoms with Gasteiger partial charge in [-0.2, -0.15) is 5.10 Å². The van der Waals surface area contributed by atoms with Crippen molar-refractivity contribution >= 4 is 29.2 Å². The molecular formula is C27H25ClN4O4. The SMILES string of the molecule is COc1ccc(Cn2nc(NC(=O)c3ccc(OC)c(Cl)c3)cc2C(=O)NCc2ccccc2)cc1. The van der Waals surface area contributed by atoms with Crippen LogP contribution >= 0.6 is 11.6 Å². The van der Waals surface area contributed by atoms with E-state index in [1.807, 2.05) is 54.6 Å². The van der Waals surface area contributed by atoms with Gasteiger partial charge in [0.1, 0.15) is 17.2 Å². The third kappa shape index (κ3) is 6.03. The largest absolute Gasteiger partial charge is 0.497 e. The topological polar surface area (TPSA) is 94.5 Å². The van der Waals surface area contributed by atoms with Crippen LogP contribution in [0.3, 0.4) is 0 Å². The number of nitrogens with zero attached hydrogens (tertiary/aromatic N) is 2. The molecule has 9 heteroatoms. The van der Waals surface area contributed by atoms with Crippen LogP contribution in [0.15, 0.2) is 78.9 Å². The van der Waals surface area contributed by atoms with Gasteiger partial charge in [-0.3, -0.25) is 14.3 Å². The number of hydrogen-bond acceptors (Lipinski definition) is 5. The van der Waals surface area contributed by atoms with Gasteiger partial charge in [0.15, 0.2) is 5.82 Å². The van der Waals surface area contributed by atoms with Gasteiger partial charge in [0.2, 0.25) is 0 Å². The van der Waals surface area contributed by atoms with Crippen LogP contribution in [0.5, 0.6) is 11.5 Å². The molecule has 0 spiro atoms. The van der Waals surface area contributed by atoms with Crippen molar-refractivity contribution in [2.75, 3.05) is 19.5 Å². The molecule has 4 rings (SSSR count). The van der Waals surface area contributed by atoms with Crippen molar-refractivity contribution in [1.82, 2.24) is 15.1 Å². The number of benzene rings is 3. The van der Waals surface area contributed by atoms with E-state index in [-0.39, 0.29) is 11.7 Å². The van der Waals surface area contributed by atoms with Crippen LogP contribution in [0.4, 0.5) is 5.82 Å². The summed E-state index contributed by atoms with van der Waals surface area (Å²) in [6.07, 6.45) is 0. The molecule has 1 heterocycles. The van der Waals surface area contributed by atoms with Gasteiger partial charge in [0.25, 0.3) is 11.8 Å². The van der Waals surface area contributed by atoms with E-state index in [4.69, 9.17) is 21.1 Å². The van der Waals surface area contributed by atoms with E-state index in [0.29, 0.717) is 35.1 Å². The molecule has 0 aliphatic rings. The third-order valence-corrected chi connectivity index (χ3v) is 5.75. The average Bonchev–Trinajstić information content (AvgIpc) is 3.30. The van der Waals surface area contributed by atoms with Crippen LogP contribution < -0.4 is 20.1 Å². The zero-order valence-electron chi connectivity index (χ0n) is 19.8. The molecule has 0 atom stereocenters. The molecule has 3 aromatic carbocycles. The maximum absolute atomic E-state index is 13.1. The highest BCUT2D eigenvalue weighted by Crippen LogP contribution is 2.25. The highest BCUT2D eigenvalue weighted by atomic mass is 35.5. The maximum atomic E-state index is 13.1. The van der Waals surface area contributed by atoms with Gasteiger partial charge in [-0.15, -0.1) is 0 Å². The monoisotopic (exact) mass is 504 g/mol. The fourth-order valence-electron chi connectivity index (χ4n) is 3.55. The minimum atomic E-state index is -0.412. The third-order valence-electron chi connectivity index (χ3n) is 5.46. The second kappa shape index (κ2) is 11.4. The molecule has 8 nitrogen and oxygen atoms in total. The minimum Gasteiger partial charge on any atom is -0.497 e. The predicted octanol–water partition coefficient (Wildman–Crippen LogP) is 4.78. The number of methoxy groups -OCH3 is 2. The molecule has 2 N–H and O–H groups in total. The summed E-state index contributed by atoms with van der Waals surface area (Å²) in [5, 5.41) is 10.5. The first-order chi connectivity index (χ1) is 17.5. The molecule has 184 valence electrons. The lowest BCUT2D eigenvalue weighted by atomic mass is 10.2. The fraction of sp³-hybridized carbons (Fsp3) is 0.148. The molecule has 1 aromatic heterocycles. The molecule has 0 saturated heterocycles. The van der Waals surface area contributed by atoms with Crippen molar-refractivity contribution in [2.45, 2.75) is 13.1 Å². The summed E-state index contributed by atoms with van der Waals surface area (Å²) in [6.45, 7) is 0.682. The Morgan fingerprint density at radius 3 is 2.31 bits per heavy atom. The van der Waals surface area contributed by atoms with Crippen LogP contribution in [0.25, 0.3) is 0 Å². The highest BCUT2D eigenvalue weighted by molar-refractivity contribution is 6.32. The summed E-state index contributed by atoms with van der Waals surface area (Å²) in [7, 11) is 3.10. The zero-order chi connectivity index (χ0) is 25.5. The molecule has 4 aromatic rings. The lowest BCUT2D eigenvalue weighted by molar-refractivity contribution is 0.0939. The van der Waals surface area contributed by atoms with Crippen molar-refractivity contribution in [3.05, 3.63) is 106 Å². The van der Waals surface area contributed by atoms with E-state index in [2.05, 4.69) is 15.7 Å². The van der Waals surface area contributed by atoms with Crippen LogP contribution in [0.2, 0.25) is 5.02 Å². The number of rotatable bonds is 9. The number of carbonyl (C=O) groups excluding carboxylic acids is 2. The van der Waals surface area contributed by atoms with Gasteiger partial charge in [0, 0.05) is 18.2 Å². The summed E-state index contributed by atoms with van der Waals surface area (Å²) in [4.78, 5) is 25.9. The number of aromatic nitrogens is 2. The van der Waals surface area contributed by atoms with Gasteiger partial charge in [-0.05, 0) is 41.5 Å². The molecule has 0 radical (unpaired) electrons. The second-order valence-corrected chi connectivity index (χ2v) is 8.30. The molecule has 36 heavy (non-hydrogen) atoms. The first kappa shape index (κ1) is 24.8. The van der Waals surface area contributed by atoms with Crippen LogP contribution in [0.1, 0.15) is 32.0 Å². The van der Waals surface area contributed by atoms with E-state index in [1.54, 1.807) is 30.0 Å². The maximum Gasteiger partial charge on any atom is 0.269 e. The lowest BCUT2D eigenvalue weighted by Crippen LogP contribution is -2.26. The van der Waals surface area contributed by atoms with Crippen molar-refractivity contribution in [3.8, 4) is 11.5 Å². The van der Waals surface area contributed by atoms with Crippen LogP contribution in [-0.2, 0) is 13.1 Å². The summed E-state index contributed by atoms with van der Waals surface area (Å²) in [6, 6.07) is 23.3. The van der Waals surface area contributed by atoms with E-state index < -0.39 is 5.91 Å². The summed E-state index contributed by atoms with van der Waals surface area (Å²) in [5.41, 5.74) is 2.53. The van der Waals surface area contributed by atoms with E-state index in [0.717, 1.165) is 16.9 Å². The normalized spacial score (nSPS) is 10.5. The Labute approximate surface area is 213 Å². The first-order valence-corrected chi connectivity index (χ1v) is 11.5. The Morgan fingerprint density at radius 1 is 0.889 bits per heavy atom. The number of carbonyl (C=O) groups is 2. The van der Waals surface area contributed by atoms with Crippen molar-refractivity contribution < 1.29 is 19.1 Å². The number of nitrogens with one attached hydrogen (secondary N) is 2. The van der Waals surface area contributed by atoms with Crippen LogP contribution in [0, 0.1) is 0 Å². The van der Waals surface area contributed by atoms with Gasteiger partial charge in [0.05, 0.1) is 25.8 Å². The fourth-order valence-corrected chi connectivity index (χ4v) is 3.81. The second-order valence-electron chi connectivity index (χ2n) is 7.89. The Kier molecular flexibility index (Phi) is 7.87. The lowest BCUT2D eigenvalue weighted by Gasteiger charge is -2.09. The predicted molar refractivity (Wildman–Crippen MR) is 138 cm³/mol. The van der Waals surface area contributed by atoms with Gasteiger partial charge < -0.3 is 20.1 Å². The number of amides is 2. The van der Waals surface area contributed by atoms with Gasteiger partial charge in [-0.25, -0.2) is 0 Å². The number of halogens is 1. The van der Waals surface area contributed by atoms with Gasteiger partial charge in [-0.1, -0.05) is 54.1 Å². The molecule has 0 saturated carbocycles. The van der Waals surface area contributed by atoms with Gasteiger partial charge >= 0.3 is 0 Å². The van der Waals surface area contributed by atoms with E-state index in [1.165, 1.54) is 13.2 Å². The number of ether oxygens (including phenoxy) is 2. The Balaban J connectivity index is 1.56. The van der Waals surface area contributed by atoms with Crippen molar-refractivity contribution in [2.24, 2.45) is 0 Å². The summed E-state index contributed by atoms with van der Waals surface area (Å²) >= 11 is 6.16. The Bertz CT molecular complexity index is 1350. The average molecular weight is 505 g/mol. The van der Waals surface area contributed by atoms with E-state index >= 15 is 0 Å². The van der Waals surface area contributed by atoms with Crippen LogP contribution in [-0.4, -0.2) is 35.8 Å². The Morgan fingerprint density at radius 2 is 1.64 bits per heavy atom.